The lowest BCUT2D eigenvalue weighted by Crippen LogP contribution is -2.56. The van der Waals surface area contributed by atoms with Gasteiger partial charge in [-0.25, -0.2) is 0 Å². The predicted octanol–water partition coefficient (Wildman–Crippen LogP) is -0.868. The molecule has 0 saturated carbocycles. The van der Waals surface area contributed by atoms with Crippen LogP contribution < -0.4 is 10.6 Å². The monoisotopic (exact) mass is 326 g/mol. The molecule has 8 nitrogen and oxygen atoms in total. The first-order valence-corrected chi connectivity index (χ1v) is 7.48. The van der Waals surface area contributed by atoms with Crippen LogP contribution in [0.25, 0.3) is 0 Å². The number of carbonyl (C=O) groups excluding carboxylic acids is 2. The number of nitrogens with one attached hydrogen (secondary N) is 2. The van der Waals surface area contributed by atoms with Gasteiger partial charge < -0.3 is 25.4 Å². The van der Waals surface area contributed by atoms with Gasteiger partial charge in [-0.1, -0.05) is 6.07 Å². The lowest BCUT2D eigenvalue weighted by molar-refractivity contribution is -0.139. The summed E-state index contributed by atoms with van der Waals surface area (Å²) in [6.07, 6.45) is -1.41. The maximum Gasteiger partial charge on any atom is 0.500 e. The van der Waals surface area contributed by atoms with Crippen molar-refractivity contribution in [3.05, 3.63) is 22.4 Å². The Bertz CT molecular complexity index is 552. The van der Waals surface area contributed by atoms with Gasteiger partial charge in [0.2, 0.25) is 11.8 Å². The maximum absolute atomic E-state index is 11.9. The van der Waals surface area contributed by atoms with Gasteiger partial charge in [0.15, 0.2) is 0 Å². The molecule has 0 aromatic carbocycles. The topological polar surface area (TPSA) is 125 Å². The molecular formula is C12H15BN2O6S. The highest BCUT2D eigenvalue weighted by atomic mass is 32.1. The molecule has 118 valence electrons. The van der Waals surface area contributed by atoms with E-state index >= 15 is 0 Å². The van der Waals surface area contributed by atoms with Crippen LogP contribution in [-0.4, -0.2) is 47.2 Å². The summed E-state index contributed by atoms with van der Waals surface area (Å²) in [6.45, 7) is 0. The summed E-state index contributed by atoms with van der Waals surface area (Å²) in [7, 11) is -1.51. The number of amides is 2. The normalized spacial score (nSPS) is 21.9. The number of hydrogen-bond acceptors (Lipinski definition) is 6. The van der Waals surface area contributed by atoms with Gasteiger partial charge in [-0.05, 0) is 11.4 Å². The number of carbonyl (C=O) groups is 3. The second-order valence-corrected chi connectivity index (χ2v) is 5.85. The molecular weight excluding hydrogens is 311 g/mol. The number of thiophene rings is 1. The van der Waals surface area contributed by atoms with Gasteiger partial charge in [-0.15, -0.1) is 11.3 Å². The van der Waals surface area contributed by atoms with E-state index in [0.717, 1.165) is 4.88 Å². The van der Waals surface area contributed by atoms with Crippen LogP contribution in [-0.2, 0) is 25.5 Å². The molecule has 2 amide bonds. The smallest absolute Gasteiger partial charge is 0.481 e. The van der Waals surface area contributed by atoms with Crippen molar-refractivity contribution >= 4 is 36.2 Å². The summed E-state index contributed by atoms with van der Waals surface area (Å²) in [5.74, 6) is -2.01. The molecule has 1 aliphatic heterocycles. The van der Waals surface area contributed by atoms with E-state index in [2.05, 4.69) is 10.6 Å². The number of rotatable bonds is 5. The van der Waals surface area contributed by atoms with Crippen molar-refractivity contribution < 1.29 is 29.2 Å². The lowest BCUT2D eigenvalue weighted by atomic mass is 9.85. The average molecular weight is 326 g/mol. The summed E-state index contributed by atoms with van der Waals surface area (Å²) in [5.41, 5.74) is 0. The zero-order valence-electron chi connectivity index (χ0n) is 11.5. The van der Waals surface area contributed by atoms with Gasteiger partial charge in [-0.3, -0.25) is 14.4 Å². The Morgan fingerprint density at radius 3 is 2.95 bits per heavy atom. The molecule has 2 rings (SSSR count). The molecule has 1 saturated heterocycles. The lowest BCUT2D eigenvalue weighted by Gasteiger charge is -2.19. The van der Waals surface area contributed by atoms with Crippen LogP contribution in [0.4, 0.5) is 0 Å². The van der Waals surface area contributed by atoms with Crippen LogP contribution in [0.1, 0.15) is 17.7 Å². The molecule has 1 unspecified atom stereocenters. The molecule has 1 aromatic heterocycles. The highest BCUT2D eigenvalue weighted by Gasteiger charge is 2.37. The minimum atomic E-state index is -1.51. The minimum Gasteiger partial charge on any atom is -0.481 e. The fraction of sp³-hybridized carbons (Fsp3) is 0.417. The molecule has 1 fully saturated rings. The van der Waals surface area contributed by atoms with Crippen LogP contribution in [0.2, 0.25) is 0 Å². The predicted molar refractivity (Wildman–Crippen MR) is 77.8 cm³/mol. The number of carboxylic acids is 1. The molecule has 22 heavy (non-hydrogen) atoms. The van der Waals surface area contributed by atoms with Crippen LogP contribution in [0.3, 0.4) is 0 Å². The Balaban J connectivity index is 1.93. The Labute approximate surface area is 130 Å². The molecule has 2 atom stereocenters. The maximum atomic E-state index is 11.9. The van der Waals surface area contributed by atoms with Gasteiger partial charge in [0.25, 0.3) is 0 Å². The minimum absolute atomic E-state index is 0.120. The van der Waals surface area contributed by atoms with E-state index in [1.54, 1.807) is 6.07 Å². The van der Waals surface area contributed by atoms with E-state index in [-0.39, 0.29) is 18.7 Å². The SMILES string of the molecule is O=C(O)CC1CC(=O)N[C@H](NC(=O)Cc2cccs2)B(O)O1. The average Bonchev–Trinajstić information content (AvgIpc) is 2.85. The van der Waals surface area contributed by atoms with Gasteiger partial charge in [0.1, 0.15) is 6.07 Å². The molecule has 1 aliphatic rings. The third-order valence-corrected chi connectivity index (χ3v) is 3.86. The summed E-state index contributed by atoms with van der Waals surface area (Å²) < 4.78 is 5.12. The highest BCUT2D eigenvalue weighted by Crippen LogP contribution is 2.12. The molecule has 10 heteroatoms. The van der Waals surface area contributed by atoms with Crippen molar-refractivity contribution in [2.45, 2.75) is 31.4 Å². The third-order valence-electron chi connectivity index (χ3n) is 2.98. The zero-order chi connectivity index (χ0) is 16.1. The molecule has 4 N–H and O–H groups in total. The van der Waals surface area contributed by atoms with E-state index < -0.39 is 37.6 Å². The van der Waals surface area contributed by atoms with Crippen LogP contribution >= 0.6 is 11.3 Å². The zero-order valence-corrected chi connectivity index (χ0v) is 12.3. The van der Waals surface area contributed by atoms with Crippen molar-refractivity contribution in [2.75, 3.05) is 0 Å². The van der Waals surface area contributed by atoms with E-state index in [9.17, 15) is 19.4 Å². The van der Waals surface area contributed by atoms with E-state index in [1.165, 1.54) is 11.3 Å². The first-order valence-electron chi connectivity index (χ1n) is 6.60. The molecule has 2 heterocycles. The third kappa shape index (κ3) is 4.83. The van der Waals surface area contributed by atoms with Crippen molar-refractivity contribution in [3.8, 4) is 0 Å². The van der Waals surface area contributed by atoms with Gasteiger partial charge in [0.05, 0.1) is 25.4 Å². The van der Waals surface area contributed by atoms with Crippen molar-refractivity contribution in [3.63, 3.8) is 0 Å². The molecule has 0 spiro atoms. The first-order chi connectivity index (χ1) is 10.4. The van der Waals surface area contributed by atoms with E-state index in [1.807, 2.05) is 11.4 Å². The standard InChI is InChI=1S/C12H15BN2O6S/c16-9-4-7(5-11(18)19)21-13(20)12(14-9)15-10(17)6-8-2-1-3-22-8/h1-3,7,12,20H,4-6H2,(H,14,16)(H,15,17)(H,18,19)/t7?,12-/m1/s1. The molecule has 1 aromatic rings. The molecule has 0 aliphatic carbocycles. The number of carboxylic acid groups (broad SMARTS) is 1. The highest BCUT2D eigenvalue weighted by molar-refractivity contribution is 7.10. The van der Waals surface area contributed by atoms with Crippen molar-refractivity contribution in [1.29, 1.82) is 0 Å². The van der Waals surface area contributed by atoms with Crippen LogP contribution in [0.15, 0.2) is 17.5 Å². The summed E-state index contributed by atoms with van der Waals surface area (Å²) in [5, 5.41) is 25.3. The molecule has 0 radical (unpaired) electrons. The second-order valence-electron chi connectivity index (χ2n) is 4.82. The second kappa shape index (κ2) is 7.39. The van der Waals surface area contributed by atoms with E-state index in [0.29, 0.717) is 0 Å². The van der Waals surface area contributed by atoms with Crippen molar-refractivity contribution in [2.24, 2.45) is 0 Å². The van der Waals surface area contributed by atoms with Gasteiger partial charge >= 0.3 is 13.1 Å². The van der Waals surface area contributed by atoms with Crippen LogP contribution in [0.5, 0.6) is 0 Å². The quantitative estimate of drug-likeness (QED) is 0.522. The van der Waals surface area contributed by atoms with Crippen LogP contribution in [0, 0.1) is 0 Å². The van der Waals surface area contributed by atoms with Gasteiger partial charge in [-0.2, -0.15) is 0 Å². The molecule has 0 bridgehead atoms. The largest absolute Gasteiger partial charge is 0.500 e. The summed E-state index contributed by atoms with van der Waals surface area (Å²) >= 11 is 1.42. The van der Waals surface area contributed by atoms with E-state index in [4.69, 9.17) is 9.76 Å². The van der Waals surface area contributed by atoms with Gasteiger partial charge in [0, 0.05) is 4.88 Å². The Morgan fingerprint density at radius 2 is 2.32 bits per heavy atom. The Morgan fingerprint density at radius 1 is 1.55 bits per heavy atom. The van der Waals surface area contributed by atoms with Crippen molar-refractivity contribution in [1.82, 2.24) is 10.6 Å². The number of hydrogen-bond donors (Lipinski definition) is 4. The Kier molecular flexibility index (Phi) is 5.53. The Hall–Kier alpha value is -1.91. The summed E-state index contributed by atoms with van der Waals surface area (Å²) in [6, 6.07) is 2.50. The fourth-order valence-corrected chi connectivity index (χ4v) is 2.76. The number of aliphatic carboxylic acids is 1. The first kappa shape index (κ1) is 16.5. The fourth-order valence-electron chi connectivity index (χ4n) is 2.05. The summed E-state index contributed by atoms with van der Waals surface area (Å²) in [4.78, 5) is 35.1.